The van der Waals surface area contributed by atoms with Gasteiger partial charge in [0.2, 0.25) is 0 Å². The highest BCUT2D eigenvalue weighted by atomic mass is 32.1. The Morgan fingerprint density at radius 3 is 2.74 bits per heavy atom. The maximum Gasteiger partial charge on any atom is 0.253 e. The van der Waals surface area contributed by atoms with Crippen molar-refractivity contribution >= 4 is 38.1 Å². The van der Waals surface area contributed by atoms with Crippen molar-refractivity contribution < 1.29 is 18.3 Å². The number of ether oxygens (including phenoxy) is 1. The van der Waals surface area contributed by atoms with Crippen LogP contribution in [0.1, 0.15) is 67.0 Å². The standard InChI is InChI=1S/C32H37F2N5O2S/c33-22-8-12-38(13-9-22)11-2-10-35-31(40)24-16-30-28(17-26(24)36-18-20-4-5-20)39-19-27(37-32(39)42-30)23-7-6-21(15-25(23)34)29-3-1-14-41-29/h6-7,15-17,19-20,22,29,36H,1-5,8-14,18H2,(H,35,40)/t29-/m0/s1. The lowest BCUT2D eigenvalue weighted by Crippen LogP contribution is -2.36. The van der Waals surface area contributed by atoms with Crippen LogP contribution in [0.3, 0.4) is 0 Å². The zero-order valence-electron chi connectivity index (χ0n) is 23.7. The second-order valence-electron chi connectivity index (χ2n) is 11.9. The molecular weight excluding hydrogens is 556 g/mol. The number of halogens is 2. The van der Waals surface area contributed by atoms with E-state index in [9.17, 15) is 9.18 Å². The SMILES string of the molecule is O=C(NCCCN1CCC(F)CC1)c1cc2sc3nc(-c4ccc([C@@H]5CCCO5)cc4F)cn3c2cc1NCC1CC1. The summed E-state index contributed by atoms with van der Waals surface area (Å²) >= 11 is 1.50. The number of aromatic nitrogens is 2. The maximum absolute atomic E-state index is 15.2. The van der Waals surface area contributed by atoms with Gasteiger partial charge in [0.1, 0.15) is 12.0 Å². The van der Waals surface area contributed by atoms with Gasteiger partial charge in [-0.05, 0) is 87.2 Å². The Bertz CT molecular complexity index is 1580. The first-order chi connectivity index (χ1) is 20.5. The number of piperidine rings is 1. The molecular formula is C32H37F2N5O2S. The van der Waals surface area contributed by atoms with Crippen molar-refractivity contribution in [3.8, 4) is 11.3 Å². The van der Waals surface area contributed by atoms with Gasteiger partial charge in [-0.25, -0.2) is 13.8 Å². The molecule has 2 N–H and O–H groups in total. The van der Waals surface area contributed by atoms with Crippen molar-refractivity contribution in [2.24, 2.45) is 5.92 Å². The van der Waals surface area contributed by atoms with Crippen LogP contribution in [0.5, 0.6) is 0 Å². The molecule has 3 fully saturated rings. The molecule has 1 amide bonds. The van der Waals surface area contributed by atoms with Gasteiger partial charge in [0.05, 0.1) is 27.6 Å². The highest BCUT2D eigenvalue weighted by Gasteiger charge is 2.24. The number of carbonyl (C=O) groups is 1. The summed E-state index contributed by atoms with van der Waals surface area (Å²) in [5, 5.41) is 6.62. The van der Waals surface area contributed by atoms with Gasteiger partial charge in [0, 0.05) is 50.2 Å². The monoisotopic (exact) mass is 593 g/mol. The number of carbonyl (C=O) groups excluding carboxylic acids is 1. The molecule has 42 heavy (non-hydrogen) atoms. The fourth-order valence-corrected chi connectivity index (χ4v) is 7.12. The topological polar surface area (TPSA) is 70.9 Å². The summed E-state index contributed by atoms with van der Waals surface area (Å²) < 4.78 is 37.3. The van der Waals surface area contributed by atoms with Gasteiger partial charge < -0.3 is 20.3 Å². The first-order valence-electron chi connectivity index (χ1n) is 15.3. The van der Waals surface area contributed by atoms with Crippen LogP contribution < -0.4 is 10.6 Å². The number of rotatable bonds is 10. The molecule has 0 unspecified atom stereocenters. The minimum Gasteiger partial charge on any atom is -0.384 e. The molecule has 10 heteroatoms. The largest absolute Gasteiger partial charge is 0.384 e. The predicted octanol–water partition coefficient (Wildman–Crippen LogP) is 6.58. The lowest BCUT2D eigenvalue weighted by molar-refractivity contribution is 0.0950. The predicted molar refractivity (Wildman–Crippen MR) is 163 cm³/mol. The third kappa shape index (κ3) is 5.89. The summed E-state index contributed by atoms with van der Waals surface area (Å²) in [6.45, 7) is 4.57. The Kier molecular flexibility index (Phi) is 7.85. The summed E-state index contributed by atoms with van der Waals surface area (Å²) in [6, 6.07) is 9.29. The molecule has 0 spiro atoms. The number of fused-ring (bicyclic) bond motifs is 3. The number of thiazole rings is 1. The second kappa shape index (κ2) is 11.9. The zero-order valence-corrected chi connectivity index (χ0v) is 24.5. The molecule has 7 rings (SSSR count). The average molecular weight is 594 g/mol. The van der Waals surface area contributed by atoms with Crippen LogP contribution in [-0.2, 0) is 4.74 Å². The highest BCUT2D eigenvalue weighted by molar-refractivity contribution is 7.23. The van der Waals surface area contributed by atoms with Crippen molar-refractivity contribution in [2.75, 3.05) is 44.6 Å². The van der Waals surface area contributed by atoms with Crippen molar-refractivity contribution in [1.29, 1.82) is 0 Å². The summed E-state index contributed by atoms with van der Waals surface area (Å²) in [5.74, 6) is 0.251. The molecule has 3 aliphatic rings. The number of anilines is 1. The van der Waals surface area contributed by atoms with Crippen molar-refractivity contribution in [3.05, 3.63) is 53.5 Å². The molecule has 7 nitrogen and oxygen atoms in total. The number of imidazole rings is 1. The van der Waals surface area contributed by atoms with E-state index < -0.39 is 6.17 Å². The number of benzene rings is 2. The smallest absolute Gasteiger partial charge is 0.253 e. The number of nitrogens with zero attached hydrogens (tertiary/aromatic N) is 3. The molecule has 2 saturated heterocycles. The van der Waals surface area contributed by atoms with E-state index in [2.05, 4.69) is 15.5 Å². The van der Waals surface area contributed by atoms with Crippen LogP contribution in [0.2, 0.25) is 0 Å². The number of hydrogen-bond acceptors (Lipinski definition) is 6. The van der Waals surface area contributed by atoms with Crippen LogP contribution in [0, 0.1) is 11.7 Å². The molecule has 0 radical (unpaired) electrons. The van der Waals surface area contributed by atoms with E-state index in [-0.39, 0.29) is 17.8 Å². The summed E-state index contributed by atoms with van der Waals surface area (Å²) in [7, 11) is 0. The number of amides is 1. The van der Waals surface area contributed by atoms with Gasteiger partial charge in [-0.1, -0.05) is 17.4 Å². The van der Waals surface area contributed by atoms with Crippen molar-refractivity contribution in [2.45, 2.75) is 57.2 Å². The van der Waals surface area contributed by atoms with Crippen LogP contribution in [-0.4, -0.2) is 65.7 Å². The molecule has 4 heterocycles. The Balaban J connectivity index is 1.10. The first kappa shape index (κ1) is 27.7. The van der Waals surface area contributed by atoms with Crippen molar-refractivity contribution in [3.63, 3.8) is 0 Å². The number of alkyl halides is 1. The molecule has 1 atom stereocenters. The Morgan fingerprint density at radius 2 is 1.98 bits per heavy atom. The van der Waals surface area contributed by atoms with Gasteiger partial charge in [-0.15, -0.1) is 0 Å². The van der Waals surface area contributed by atoms with E-state index in [1.54, 1.807) is 12.1 Å². The molecule has 1 saturated carbocycles. The quantitative estimate of drug-likeness (QED) is 0.203. The van der Waals surface area contributed by atoms with Gasteiger partial charge in [-0.2, -0.15) is 0 Å². The van der Waals surface area contributed by atoms with E-state index in [1.165, 1.54) is 24.2 Å². The summed E-state index contributed by atoms with van der Waals surface area (Å²) in [6.07, 6.45) is 7.55. The zero-order chi connectivity index (χ0) is 28.6. The van der Waals surface area contributed by atoms with Crippen LogP contribution in [0.25, 0.3) is 26.4 Å². The van der Waals surface area contributed by atoms with Gasteiger partial charge >= 0.3 is 0 Å². The summed E-state index contributed by atoms with van der Waals surface area (Å²) in [5.41, 5.74) is 4.30. The lowest BCUT2D eigenvalue weighted by atomic mass is 10.0. The minimum absolute atomic E-state index is 0.0314. The van der Waals surface area contributed by atoms with E-state index >= 15 is 4.39 Å². The van der Waals surface area contributed by atoms with Crippen LogP contribution in [0.4, 0.5) is 14.5 Å². The maximum atomic E-state index is 15.2. The van der Waals surface area contributed by atoms with Crippen LogP contribution in [0.15, 0.2) is 36.5 Å². The van der Waals surface area contributed by atoms with E-state index in [0.717, 1.165) is 78.5 Å². The minimum atomic E-state index is -0.673. The summed E-state index contributed by atoms with van der Waals surface area (Å²) in [4.78, 5) is 21.1. The van der Waals surface area contributed by atoms with Gasteiger partial charge in [0.25, 0.3) is 5.91 Å². The fraction of sp³-hybridized carbons (Fsp3) is 0.500. The number of nitrogens with one attached hydrogen (secondary N) is 2. The molecule has 1 aliphatic carbocycles. The Morgan fingerprint density at radius 1 is 1.12 bits per heavy atom. The van der Waals surface area contributed by atoms with Gasteiger partial charge in [-0.3, -0.25) is 9.20 Å². The second-order valence-corrected chi connectivity index (χ2v) is 12.9. The number of hydrogen-bond donors (Lipinski definition) is 2. The number of likely N-dealkylation sites (tertiary alicyclic amines) is 1. The van der Waals surface area contributed by atoms with E-state index in [4.69, 9.17) is 9.72 Å². The fourth-order valence-electron chi connectivity index (χ4n) is 6.09. The van der Waals surface area contributed by atoms with E-state index in [1.807, 2.05) is 28.8 Å². The van der Waals surface area contributed by atoms with E-state index in [0.29, 0.717) is 42.1 Å². The molecule has 4 aromatic rings. The van der Waals surface area contributed by atoms with Crippen molar-refractivity contribution in [1.82, 2.24) is 19.6 Å². The molecule has 2 aromatic carbocycles. The molecule has 222 valence electrons. The third-order valence-electron chi connectivity index (χ3n) is 8.78. The Hall–Kier alpha value is -3.08. The normalized spacial score (nSPS) is 20.1. The molecule has 0 bridgehead atoms. The third-order valence-corrected chi connectivity index (χ3v) is 9.80. The first-order valence-corrected chi connectivity index (χ1v) is 16.1. The molecule has 2 aromatic heterocycles. The lowest BCUT2D eigenvalue weighted by Gasteiger charge is -2.28. The molecule has 2 aliphatic heterocycles. The Labute approximate surface area is 248 Å². The highest BCUT2D eigenvalue weighted by Crippen LogP contribution is 2.36. The van der Waals surface area contributed by atoms with Crippen LogP contribution >= 0.6 is 11.3 Å². The van der Waals surface area contributed by atoms with Gasteiger partial charge in [0.15, 0.2) is 4.96 Å². The average Bonchev–Trinajstić information content (AvgIpc) is 3.34.